The highest BCUT2D eigenvalue weighted by atomic mass is 32.2. The van der Waals surface area contributed by atoms with E-state index in [2.05, 4.69) is 5.32 Å². The Labute approximate surface area is 114 Å². The molecule has 1 heterocycles. The Bertz CT molecular complexity index is 578. The summed E-state index contributed by atoms with van der Waals surface area (Å²) in [6, 6.07) is 6.46. The van der Waals surface area contributed by atoms with Crippen molar-refractivity contribution in [1.82, 2.24) is 5.32 Å². The highest BCUT2D eigenvalue weighted by molar-refractivity contribution is 7.98. The quantitative estimate of drug-likeness (QED) is 0.660. The number of amides is 4. The summed E-state index contributed by atoms with van der Waals surface area (Å²) >= 11 is 1.58. The van der Waals surface area contributed by atoms with Crippen molar-refractivity contribution in [2.45, 2.75) is 17.7 Å². The van der Waals surface area contributed by atoms with E-state index in [1.807, 2.05) is 18.4 Å². The van der Waals surface area contributed by atoms with Gasteiger partial charge >= 0.3 is 6.03 Å². The molecule has 98 valence electrons. The minimum absolute atomic E-state index is 0.404. The summed E-state index contributed by atoms with van der Waals surface area (Å²) in [5.41, 5.74) is -0.495. The Balaban J connectivity index is 1.96. The Hall–Kier alpha value is -1.82. The van der Waals surface area contributed by atoms with Gasteiger partial charge in [-0.05, 0) is 43.4 Å². The van der Waals surface area contributed by atoms with Gasteiger partial charge in [0.05, 0.1) is 5.69 Å². The monoisotopic (exact) mass is 276 g/mol. The van der Waals surface area contributed by atoms with Gasteiger partial charge < -0.3 is 0 Å². The molecule has 0 atom stereocenters. The van der Waals surface area contributed by atoms with E-state index >= 15 is 0 Å². The second-order valence-corrected chi connectivity index (χ2v) is 5.56. The average Bonchev–Trinajstić information content (AvgIpc) is 3.19. The SMILES string of the molecule is CSc1ccc(N2C(=O)NC(=O)C3(CC3)C2=O)cc1. The fraction of sp³-hybridized carbons (Fsp3) is 0.308. The van der Waals surface area contributed by atoms with Crippen molar-refractivity contribution in [1.29, 1.82) is 0 Å². The van der Waals surface area contributed by atoms with E-state index in [1.165, 1.54) is 0 Å². The number of nitrogens with one attached hydrogen (secondary N) is 1. The number of rotatable bonds is 2. The largest absolute Gasteiger partial charge is 0.335 e. The van der Waals surface area contributed by atoms with Gasteiger partial charge in [-0.3, -0.25) is 14.9 Å². The highest BCUT2D eigenvalue weighted by Crippen LogP contribution is 2.49. The van der Waals surface area contributed by atoms with Crippen LogP contribution in [0.1, 0.15) is 12.8 Å². The zero-order valence-corrected chi connectivity index (χ0v) is 11.1. The van der Waals surface area contributed by atoms with Crippen LogP contribution in [0.5, 0.6) is 0 Å². The van der Waals surface area contributed by atoms with Crippen molar-refractivity contribution in [2.75, 3.05) is 11.2 Å². The van der Waals surface area contributed by atoms with E-state index < -0.39 is 23.3 Å². The summed E-state index contributed by atoms with van der Waals surface area (Å²) < 4.78 is 0. The van der Waals surface area contributed by atoms with Crippen LogP contribution in [0.2, 0.25) is 0 Å². The molecule has 1 spiro atoms. The molecule has 1 aromatic carbocycles. The number of hydrogen-bond acceptors (Lipinski definition) is 4. The second-order valence-electron chi connectivity index (χ2n) is 4.68. The smallest absolute Gasteiger partial charge is 0.276 e. The number of urea groups is 1. The molecule has 19 heavy (non-hydrogen) atoms. The molecule has 1 aliphatic heterocycles. The lowest BCUT2D eigenvalue weighted by atomic mass is 10.0. The molecule has 2 aliphatic rings. The minimum Gasteiger partial charge on any atom is -0.276 e. The predicted octanol–water partition coefficient (Wildman–Crippen LogP) is 1.77. The van der Waals surface area contributed by atoms with Crippen LogP contribution in [0, 0.1) is 5.41 Å². The fourth-order valence-corrected chi connectivity index (χ4v) is 2.62. The molecule has 1 saturated carbocycles. The fourth-order valence-electron chi connectivity index (χ4n) is 2.21. The first kappa shape index (κ1) is 12.2. The number of benzene rings is 1. The maximum absolute atomic E-state index is 12.3. The molecule has 1 N–H and O–H groups in total. The van der Waals surface area contributed by atoms with E-state index in [4.69, 9.17) is 0 Å². The van der Waals surface area contributed by atoms with Gasteiger partial charge in [0.25, 0.3) is 5.91 Å². The number of carbonyl (C=O) groups is 3. The summed E-state index contributed by atoms with van der Waals surface area (Å²) in [5.74, 6) is -0.863. The van der Waals surface area contributed by atoms with Crippen LogP contribution in [0.15, 0.2) is 29.2 Å². The van der Waals surface area contributed by atoms with Gasteiger partial charge in [-0.25, -0.2) is 9.69 Å². The number of imide groups is 2. The van der Waals surface area contributed by atoms with Crippen LogP contribution >= 0.6 is 11.8 Å². The molecular weight excluding hydrogens is 264 g/mol. The maximum atomic E-state index is 12.3. The summed E-state index contributed by atoms with van der Waals surface area (Å²) in [5, 5.41) is 2.26. The molecule has 1 aromatic rings. The van der Waals surface area contributed by atoms with Gasteiger partial charge in [0.15, 0.2) is 0 Å². The van der Waals surface area contributed by atoms with Gasteiger partial charge in [0, 0.05) is 4.90 Å². The molecule has 3 rings (SSSR count). The average molecular weight is 276 g/mol. The minimum atomic E-state index is -0.994. The third-order valence-electron chi connectivity index (χ3n) is 3.55. The van der Waals surface area contributed by atoms with Gasteiger partial charge in [-0.2, -0.15) is 0 Å². The summed E-state index contributed by atoms with van der Waals surface area (Å²) in [7, 11) is 0. The Morgan fingerprint density at radius 1 is 1.16 bits per heavy atom. The molecule has 0 unspecified atom stereocenters. The molecule has 2 fully saturated rings. The molecule has 1 aliphatic carbocycles. The lowest BCUT2D eigenvalue weighted by Gasteiger charge is -2.30. The third kappa shape index (κ3) is 1.74. The normalized spacial score (nSPS) is 20.7. The highest BCUT2D eigenvalue weighted by Gasteiger charge is 2.62. The first-order valence-electron chi connectivity index (χ1n) is 5.92. The van der Waals surface area contributed by atoms with E-state index in [9.17, 15) is 14.4 Å². The molecule has 4 amide bonds. The first-order valence-corrected chi connectivity index (χ1v) is 7.15. The molecule has 0 aromatic heterocycles. The van der Waals surface area contributed by atoms with Crippen LogP contribution in [-0.4, -0.2) is 24.1 Å². The van der Waals surface area contributed by atoms with Crippen molar-refractivity contribution >= 4 is 35.3 Å². The van der Waals surface area contributed by atoms with Crippen LogP contribution in [0.3, 0.4) is 0 Å². The van der Waals surface area contributed by atoms with Crippen LogP contribution in [0.25, 0.3) is 0 Å². The van der Waals surface area contributed by atoms with E-state index in [0.717, 1.165) is 9.80 Å². The molecular formula is C13H12N2O3S. The molecule has 0 bridgehead atoms. The number of nitrogens with zero attached hydrogens (tertiary/aromatic N) is 1. The Kier molecular flexibility index (Phi) is 2.63. The van der Waals surface area contributed by atoms with Gasteiger partial charge in [-0.1, -0.05) is 0 Å². The zero-order chi connectivity index (χ0) is 13.6. The molecule has 6 heteroatoms. The Morgan fingerprint density at radius 2 is 1.79 bits per heavy atom. The molecule has 0 radical (unpaired) electrons. The first-order chi connectivity index (χ1) is 9.08. The zero-order valence-electron chi connectivity index (χ0n) is 10.3. The van der Waals surface area contributed by atoms with E-state index in [-0.39, 0.29) is 0 Å². The standard InChI is InChI=1S/C13H12N2O3S/c1-19-9-4-2-8(3-5-9)15-11(17)13(6-7-13)10(16)14-12(15)18/h2-5H,6-7H2,1H3,(H,14,16,18). The number of barbiturate groups is 1. The number of thioether (sulfide) groups is 1. The lowest BCUT2D eigenvalue weighted by molar-refractivity contribution is -0.136. The molecule has 5 nitrogen and oxygen atoms in total. The van der Waals surface area contributed by atoms with Crippen molar-refractivity contribution in [3.8, 4) is 0 Å². The van der Waals surface area contributed by atoms with Crippen LogP contribution in [-0.2, 0) is 9.59 Å². The van der Waals surface area contributed by atoms with Crippen molar-refractivity contribution < 1.29 is 14.4 Å². The summed E-state index contributed by atoms with van der Waals surface area (Å²) in [4.78, 5) is 38.0. The van der Waals surface area contributed by atoms with Gasteiger partial charge in [0.2, 0.25) is 5.91 Å². The van der Waals surface area contributed by atoms with Crippen molar-refractivity contribution in [3.63, 3.8) is 0 Å². The Morgan fingerprint density at radius 3 is 2.32 bits per heavy atom. The summed E-state index contributed by atoms with van der Waals surface area (Å²) in [6.45, 7) is 0. The second kappa shape index (κ2) is 4.09. The van der Waals surface area contributed by atoms with Crippen molar-refractivity contribution in [3.05, 3.63) is 24.3 Å². The molecule has 1 saturated heterocycles. The third-order valence-corrected chi connectivity index (χ3v) is 4.29. The maximum Gasteiger partial charge on any atom is 0.335 e. The number of carbonyl (C=O) groups excluding carboxylic acids is 3. The van der Waals surface area contributed by atoms with Crippen LogP contribution < -0.4 is 10.2 Å². The lowest BCUT2D eigenvalue weighted by Crippen LogP contribution is -2.59. The van der Waals surface area contributed by atoms with Gasteiger partial charge in [0.1, 0.15) is 5.41 Å². The van der Waals surface area contributed by atoms with Crippen LogP contribution in [0.4, 0.5) is 10.5 Å². The van der Waals surface area contributed by atoms with E-state index in [1.54, 1.807) is 23.9 Å². The van der Waals surface area contributed by atoms with Crippen molar-refractivity contribution in [2.24, 2.45) is 5.41 Å². The topological polar surface area (TPSA) is 66.5 Å². The van der Waals surface area contributed by atoms with E-state index in [0.29, 0.717) is 18.5 Å². The number of anilines is 1. The van der Waals surface area contributed by atoms with Gasteiger partial charge in [-0.15, -0.1) is 11.8 Å². The number of hydrogen-bond donors (Lipinski definition) is 1. The summed E-state index contributed by atoms with van der Waals surface area (Å²) in [6.07, 6.45) is 2.99. The predicted molar refractivity (Wildman–Crippen MR) is 70.9 cm³/mol.